The molecule has 0 bridgehead atoms. The summed E-state index contributed by atoms with van der Waals surface area (Å²) < 4.78 is 7.15. The van der Waals surface area contributed by atoms with Crippen LogP contribution in [0.2, 0.25) is 0 Å². The third kappa shape index (κ3) is 5.16. The summed E-state index contributed by atoms with van der Waals surface area (Å²) in [4.78, 5) is 5.03. The second-order valence-electron chi connectivity index (χ2n) is 8.64. The van der Waals surface area contributed by atoms with Gasteiger partial charge < -0.3 is 4.74 Å². The van der Waals surface area contributed by atoms with Crippen LogP contribution >= 0.6 is 0 Å². The van der Waals surface area contributed by atoms with Crippen molar-refractivity contribution in [1.82, 2.24) is 30.0 Å². The van der Waals surface area contributed by atoms with Crippen molar-refractivity contribution in [2.75, 3.05) is 33.3 Å². The highest BCUT2D eigenvalue weighted by Gasteiger charge is 2.27. The molecule has 0 spiro atoms. The normalized spacial score (nSPS) is 15.0. The van der Waals surface area contributed by atoms with Gasteiger partial charge in [-0.05, 0) is 39.2 Å². The first-order valence-electron chi connectivity index (χ1n) is 11.7. The predicted octanol–water partition coefficient (Wildman–Crippen LogP) is 3.64. The molecule has 0 saturated carbocycles. The zero-order chi connectivity index (χ0) is 23.2. The Morgan fingerprint density at radius 2 is 1.38 bits per heavy atom. The first-order valence-corrected chi connectivity index (χ1v) is 11.7. The molecule has 7 nitrogen and oxygen atoms in total. The van der Waals surface area contributed by atoms with Crippen LogP contribution < -0.4 is 4.74 Å². The van der Waals surface area contributed by atoms with Gasteiger partial charge in [0.2, 0.25) is 0 Å². The Hall–Kier alpha value is -3.55. The van der Waals surface area contributed by atoms with Gasteiger partial charge in [0.15, 0.2) is 5.82 Å². The molecule has 0 amide bonds. The smallest absolute Gasteiger partial charge is 0.165 e. The number of hydrogen-bond acceptors (Lipinski definition) is 6. The molecule has 2 heterocycles. The predicted molar refractivity (Wildman–Crippen MR) is 131 cm³/mol. The van der Waals surface area contributed by atoms with E-state index in [4.69, 9.17) is 4.74 Å². The number of methoxy groups -OCH3 is 1. The fourth-order valence-corrected chi connectivity index (χ4v) is 4.63. The number of rotatable bonds is 8. The van der Waals surface area contributed by atoms with E-state index in [9.17, 15) is 0 Å². The van der Waals surface area contributed by atoms with E-state index in [1.165, 1.54) is 11.1 Å². The summed E-state index contributed by atoms with van der Waals surface area (Å²) in [6.45, 7) is 5.34. The van der Waals surface area contributed by atoms with Gasteiger partial charge in [-0.2, -0.15) is 0 Å². The Balaban J connectivity index is 1.24. The minimum absolute atomic E-state index is 0.268. The molecule has 0 unspecified atom stereocenters. The third-order valence-electron chi connectivity index (χ3n) is 6.47. The van der Waals surface area contributed by atoms with E-state index in [2.05, 4.69) is 98.1 Å². The molecular weight excluding hydrogens is 424 g/mol. The Labute approximate surface area is 200 Å². The lowest BCUT2D eigenvalue weighted by molar-refractivity contribution is 0.102. The summed E-state index contributed by atoms with van der Waals surface area (Å²) in [6, 6.07) is 29.9. The van der Waals surface area contributed by atoms with Gasteiger partial charge in [-0.3, -0.25) is 9.80 Å². The monoisotopic (exact) mass is 454 g/mol. The Morgan fingerprint density at radius 3 is 1.97 bits per heavy atom. The number of tetrazole rings is 1. The lowest BCUT2D eigenvalue weighted by Gasteiger charge is -2.39. The highest BCUT2D eigenvalue weighted by atomic mass is 16.5. The number of piperazine rings is 1. The van der Waals surface area contributed by atoms with Crippen LogP contribution in [-0.2, 0) is 13.1 Å². The van der Waals surface area contributed by atoms with E-state index in [0.29, 0.717) is 6.54 Å². The Bertz CT molecular complexity index is 1120. The molecule has 1 aliphatic rings. The molecule has 34 heavy (non-hydrogen) atoms. The first kappa shape index (κ1) is 22.3. The molecule has 1 fully saturated rings. The number of hydrogen-bond donors (Lipinski definition) is 0. The van der Waals surface area contributed by atoms with Gasteiger partial charge in [0.05, 0.1) is 26.2 Å². The van der Waals surface area contributed by atoms with Gasteiger partial charge in [0.25, 0.3) is 0 Å². The summed E-state index contributed by atoms with van der Waals surface area (Å²) in [5, 5.41) is 12.5. The molecule has 0 radical (unpaired) electrons. The Morgan fingerprint density at radius 1 is 0.765 bits per heavy atom. The highest BCUT2D eigenvalue weighted by Crippen LogP contribution is 2.29. The summed E-state index contributed by atoms with van der Waals surface area (Å²) in [5.74, 6) is 1.75. The van der Waals surface area contributed by atoms with Crippen LogP contribution in [0.4, 0.5) is 0 Å². The number of benzene rings is 3. The third-order valence-corrected chi connectivity index (χ3v) is 6.47. The van der Waals surface area contributed by atoms with Crippen molar-refractivity contribution in [3.63, 3.8) is 0 Å². The van der Waals surface area contributed by atoms with Crippen LogP contribution in [0.1, 0.15) is 28.6 Å². The molecule has 1 aromatic heterocycles. The van der Waals surface area contributed by atoms with Crippen LogP contribution in [0.5, 0.6) is 5.75 Å². The van der Waals surface area contributed by atoms with Crippen LogP contribution in [-0.4, -0.2) is 63.3 Å². The van der Waals surface area contributed by atoms with Crippen molar-refractivity contribution in [2.45, 2.75) is 19.1 Å². The van der Waals surface area contributed by atoms with Crippen molar-refractivity contribution >= 4 is 0 Å². The van der Waals surface area contributed by atoms with Crippen LogP contribution in [0.3, 0.4) is 0 Å². The van der Waals surface area contributed by atoms with E-state index in [1.807, 2.05) is 16.8 Å². The summed E-state index contributed by atoms with van der Waals surface area (Å²) in [6.07, 6.45) is 0. The number of nitrogens with zero attached hydrogens (tertiary/aromatic N) is 6. The maximum Gasteiger partial charge on any atom is 0.165 e. The fourth-order valence-electron chi connectivity index (χ4n) is 4.63. The van der Waals surface area contributed by atoms with Crippen molar-refractivity contribution < 1.29 is 4.74 Å². The molecule has 4 aromatic rings. The topological polar surface area (TPSA) is 59.3 Å². The molecule has 1 saturated heterocycles. The van der Waals surface area contributed by atoms with Gasteiger partial charge in [0.1, 0.15) is 5.75 Å². The van der Waals surface area contributed by atoms with Gasteiger partial charge in [-0.15, -0.1) is 5.10 Å². The number of ether oxygens (including phenoxy) is 1. The maximum absolute atomic E-state index is 5.25. The largest absolute Gasteiger partial charge is 0.497 e. The van der Waals surface area contributed by atoms with Crippen molar-refractivity contribution in [1.29, 1.82) is 0 Å². The summed E-state index contributed by atoms with van der Waals surface area (Å²) >= 11 is 0. The second-order valence-corrected chi connectivity index (χ2v) is 8.64. The Kier molecular flexibility index (Phi) is 6.93. The van der Waals surface area contributed by atoms with E-state index >= 15 is 0 Å². The summed E-state index contributed by atoms with van der Waals surface area (Å²) in [7, 11) is 1.68. The van der Waals surface area contributed by atoms with E-state index in [-0.39, 0.29) is 6.04 Å². The maximum atomic E-state index is 5.25. The van der Waals surface area contributed by atoms with Crippen molar-refractivity contribution in [3.05, 3.63) is 107 Å². The fraction of sp³-hybridized carbons (Fsp3) is 0.296. The van der Waals surface area contributed by atoms with E-state index < -0.39 is 0 Å². The molecule has 0 N–H and O–H groups in total. The summed E-state index contributed by atoms with van der Waals surface area (Å²) in [5.41, 5.74) is 3.82. The lowest BCUT2D eigenvalue weighted by atomic mass is 9.96. The minimum Gasteiger partial charge on any atom is -0.497 e. The lowest BCUT2D eigenvalue weighted by Crippen LogP contribution is -2.47. The van der Waals surface area contributed by atoms with Crippen LogP contribution in [0.15, 0.2) is 84.9 Å². The zero-order valence-corrected chi connectivity index (χ0v) is 19.5. The molecule has 3 aromatic carbocycles. The van der Waals surface area contributed by atoms with Crippen LogP contribution in [0.25, 0.3) is 0 Å². The second kappa shape index (κ2) is 10.6. The van der Waals surface area contributed by atoms with Gasteiger partial charge in [-0.25, -0.2) is 4.68 Å². The standard InChI is InChI=1S/C27H30N6O/c1-34-25-14-12-22(13-15-25)20-33-26(28-29-30-33)21-31-16-18-32(19-17-31)27(23-8-4-2-5-9-23)24-10-6-3-7-11-24/h2-15,27H,16-21H2,1H3. The average molecular weight is 455 g/mol. The molecule has 174 valence electrons. The molecule has 0 atom stereocenters. The molecule has 0 aliphatic carbocycles. The van der Waals surface area contributed by atoms with Crippen molar-refractivity contribution in [3.8, 4) is 5.75 Å². The quantitative estimate of drug-likeness (QED) is 0.405. The molecule has 1 aliphatic heterocycles. The van der Waals surface area contributed by atoms with E-state index in [1.54, 1.807) is 7.11 Å². The van der Waals surface area contributed by atoms with E-state index in [0.717, 1.165) is 49.9 Å². The van der Waals surface area contributed by atoms with Gasteiger partial charge >= 0.3 is 0 Å². The molecule has 7 heteroatoms. The number of aromatic nitrogens is 4. The SMILES string of the molecule is COc1ccc(Cn2nnnc2CN2CCN(C(c3ccccc3)c3ccccc3)CC2)cc1. The average Bonchev–Trinajstić information content (AvgIpc) is 3.33. The molecule has 5 rings (SSSR count). The molecular formula is C27H30N6O. The highest BCUT2D eigenvalue weighted by molar-refractivity contribution is 5.32. The first-order chi connectivity index (χ1) is 16.8. The zero-order valence-electron chi connectivity index (χ0n) is 19.5. The minimum atomic E-state index is 0.268. The van der Waals surface area contributed by atoms with Crippen LogP contribution in [0, 0.1) is 0 Å². The van der Waals surface area contributed by atoms with Gasteiger partial charge in [0, 0.05) is 26.2 Å². The van der Waals surface area contributed by atoms with Crippen molar-refractivity contribution in [2.24, 2.45) is 0 Å². The van der Waals surface area contributed by atoms with Gasteiger partial charge in [-0.1, -0.05) is 72.8 Å².